The minimum absolute atomic E-state index is 0.228. The van der Waals surface area contributed by atoms with Crippen LogP contribution in [0.25, 0.3) is 0 Å². The van der Waals surface area contributed by atoms with Crippen LogP contribution in [0.2, 0.25) is 0 Å². The van der Waals surface area contributed by atoms with E-state index in [-0.39, 0.29) is 6.42 Å². The van der Waals surface area contributed by atoms with Gasteiger partial charge in [0.1, 0.15) is 11.6 Å². The van der Waals surface area contributed by atoms with Gasteiger partial charge in [-0.05, 0) is 18.1 Å². The summed E-state index contributed by atoms with van der Waals surface area (Å²) in [6.45, 7) is 2.02. The van der Waals surface area contributed by atoms with Crippen LogP contribution in [0.5, 0.6) is 0 Å². The molecule has 0 aliphatic heterocycles. The smallest absolute Gasteiger partial charge is 0.384 e. The Morgan fingerprint density at radius 3 is 2.57 bits per heavy atom. The van der Waals surface area contributed by atoms with Gasteiger partial charge in [0, 0.05) is 18.2 Å². The third-order valence-corrected chi connectivity index (χ3v) is 2.97. The molecule has 0 spiro atoms. The topological polar surface area (TPSA) is 51.8 Å². The summed E-state index contributed by atoms with van der Waals surface area (Å²) < 4.78 is 38.1. The number of hydrogen-bond acceptors (Lipinski definition) is 3. The number of nitrogen functional groups attached to an aromatic ring is 1. The minimum Gasteiger partial charge on any atom is -0.384 e. The van der Waals surface area contributed by atoms with Crippen LogP contribution in [0.3, 0.4) is 0 Å². The number of halogens is 3. The Hall–Kier alpha value is -2.11. The third-order valence-electron chi connectivity index (χ3n) is 2.97. The number of alkyl halides is 3. The monoisotopic (exact) mass is 295 g/mol. The molecule has 1 aromatic heterocycles. The standard InChI is InChI=1S/C15H16F3N3/c1-2-4-12-9-13(19)21-14(20-12)8-10-5-3-6-11(7-10)15(16,17)18/h3,5-7,9H,2,4,8H2,1H3,(H2,19,20,21). The molecule has 0 radical (unpaired) electrons. The molecular formula is C15H16F3N3. The molecule has 0 saturated carbocycles. The Labute approximate surface area is 121 Å². The van der Waals surface area contributed by atoms with E-state index in [9.17, 15) is 13.2 Å². The lowest BCUT2D eigenvalue weighted by Gasteiger charge is -2.09. The van der Waals surface area contributed by atoms with Crippen molar-refractivity contribution >= 4 is 5.82 Å². The quantitative estimate of drug-likeness (QED) is 0.937. The lowest BCUT2D eigenvalue weighted by molar-refractivity contribution is -0.137. The van der Waals surface area contributed by atoms with Crippen molar-refractivity contribution in [1.29, 1.82) is 0 Å². The second-order valence-electron chi connectivity index (χ2n) is 4.83. The number of aromatic nitrogens is 2. The normalized spacial score (nSPS) is 11.6. The summed E-state index contributed by atoms with van der Waals surface area (Å²) in [6, 6.07) is 6.87. The highest BCUT2D eigenvalue weighted by atomic mass is 19.4. The van der Waals surface area contributed by atoms with E-state index in [1.54, 1.807) is 12.1 Å². The molecule has 21 heavy (non-hydrogen) atoms. The molecule has 0 aliphatic rings. The van der Waals surface area contributed by atoms with E-state index in [1.165, 1.54) is 6.07 Å². The summed E-state index contributed by atoms with van der Waals surface area (Å²) in [4.78, 5) is 8.43. The summed E-state index contributed by atoms with van der Waals surface area (Å²) in [5.74, 6) is 0.785. The van der Waals surface area contributed by atoms with E-state index in [1.807, 2.05) is 6.92 Å². The number of nitrogens with two attached hydrogens (primary N) is 1. The molecule has 112 valence electrons. The maximum Gasteiger partial charge on any atom is 0.416 e. The van der Waals surface area contributed by atoms with Crippen LogP contribution in [0.15, 0.2) is 30.3 Å². The number of benzene rings is 1. The van der Waals surface area contributed by atoms with Crippen molar-refractivity contribution in [1.82, 2.24) is 9.97 Å². The zero-order valence-electron chi connectivity index (χ0n) is 11.6. The molecule has 0 atom stereocenters. The predicted molar refractivity (Wildman–Crippen MR) is 74.7 cm³/mol. The van der Waals surface area contributed by atoms with Crippen molar-refractivity contribution in [3.05, 3.63) is 53.0 Å². The Kier molecular flexibility index (Phi) is 4.45. The second kappa shape index (κ2) is 6.11. The molecule has 6 heteroatoms. The summed E-state index contributed by atoms with van der Waals surface area (Å²) in [6.07, 6.45) is -2.44. The Bertz CT molecular complexity index is 624. The average Bonchev–Trinajstić information content (AvgIpc) is 2.37. The van der Waals surface area contributed by atoms with Gasteiger partial charge >= 0.3 is 6.18 Å². The molecule has 0 fully saturated rings. The van der Waals surface area contributed by atoms with Gasteiger partial charge in [-0.2, -0.15) is 13.2 Å². The van der Waals surface area contributed by atoms with Crippen LogP contribution in [-0.4, -0.2) is 9.97 Å². The summed E-state index contributed by atoms with van der Waals surface area (Å²) >= 11 is 0. The van der Waals surface area contributed by atoms with E-state index in [2.05, 4.69) is 9.97 Å². The van der Waals surface area contributed by atoms with Gasteiger partial charge in [-0.1, -0.05) is 31.5 Å². The minimum atomic E-state index is -4.35. The van der Waals surface area contributed by atoms with Crippen molar-refractivity contribution in [2.24, 2.45) is 0 Å². The molecule has 0 aliphatic carbocycles. The molecule has 3 nitrogen and oxygen atoms in total. The summed E-state index contributed by atoms with van der Waals surface area (Å²) in [5.41, 5.74) is 6.37. The maximum atomic E-state index is 12.7. The van der Waals surface area contributed by atoms with Gasteiger partial charge in [-0.15, -0.1) is 0 Å². The van der Waals surface area contributed by atoms with Crippen molar-refractivity contribution in [3.8, 4) is 0 Å². The Morgan fingerprint density at radius 2 is 1.90 bits per heavy atom. The number of nitrogens with zero attached hydrogens (tertiary/aromatic N) is 2. The number of aryl methyl sites for hydroxylation is 1. The van der Waals surface area contributed by atoms with Crippen molar-refractivity contribution < 1.29 is 13.2 Å². The zero-order chi connectivity index (χ0) is 15.5. The van der Waals surface area contributed by atoms with Gasteiger partial charge in [-0.3, -0.25) is 0 Å². The van der Waals surface area contributed by atoms with Crippen LogP contribution in [0.1, 0.15) is 36.0 Å². The van der Waals surface area contributed by atoms with E-state index in [4.69, 9.17) is 5.73 Å². The first kappa shape index (κ1) is 15.3. The molecule has 0 unspecified atom stereocenters. The van der Waals surface area contributed by atoms with Crippen molar-refractivity contribution in [2.45, 2.75) is 32.4 Å². The van der Waals surface area contributed by atoms with Crippen LogP contribution in [0, 0.1) is 0 Å². The van der Waals surface area contributed by atoms with Gasteiger partial charge in [0.15, 0.2) is 0 Å². The van der Waals surface area contributed by atoms with Gasteiger partial charge in [-0.25, -0.2) is 9.97 Å². The van der Waals surface area contributed by atoms with Crippen LogP contribution >= 0.6 is 0 Å². The van der Waals surface area contributed by atoms with Crippen LogP contribution in [0.4, 0.5) is 19.0 Å². The van der Waals surface area contributed by atoms with E-state index in [0.717, 1.165) is 30.7 Å². The number of hydrogen-bond donors (Lipinski definition) is 1. The molecule has 0 bridgehead atoms. The molecule has 2 rings (SSSR count). The fourth-order valence-electron chi connectivity index (χ4n) is 2.08. The molecule has 2 aromatic rings. The maximum absolute atomic E-state index is 12.7. The number of anilines is 1. The van der Waals surface area contributed by atoms with Crippen LogP contribution < -0.4 is 5.73 Å². The van der Waals surface area contributed by atoms with Crippen molar-refractivity contribution in [2.75, 3.05) is 5.73 Å². The molecule has 1 aromatic carbocycles. The average molecular weight is 295 g/mol. The third kappa shape index (κ3) is 4.18. The largest absolute Gasteiger partial charge is 0.416 e. The first-order chi connectivity index (χ1) is 9.88. The van der Waals surface area contributed by atoms with E-state index in [0.29, 0.717) is 17.2 Å². The highest BCUT2D eigenvalue weighted by Gasteiger charge is 2.30. The van der Waals surface area contributed by atoms with Gasteiger partial charge in [0.25, 0.3) is 0 Å². The van der Waals surface area contributed by atoms with Gasteiger partial charge in [0.2, 0.25) is 0 Å². The predicted octanol–water partition coefficient (Wildman–Crippen LogP) is 3.62. The molecule has 0 amide bonds. The fourth-order valence-corrected chi connectivity index (χ4v) is 2.08. The molecular weight excluding hydrogens is 279 g/mol. The molecule has 1 heterocycles. The first-order valence-electron chi connectivity index (χ1n) is 6.67. The Balaban J connectivity index is 2.26. The van der Waals surface area contributed by atoms with E-state index >= 15 is 0 Å². The second-order valence-corrected chi connectivity index (χ2v) is 4.83. The molecule has 2 N–H and O–H groups in total. The highest BCUT2D eigenvalue weighted by molar-refractivity contribution is 5.32. The van der Waals surface area contributed by atoms with Crippen molar-refractivity contribution in [3.63, 3.8) is 0 Å². The lowest BCUT2D eigenvalue weighted by atomic mass is 10.1. The summed E-state index contributed by atoms with van der Waals surface area (Å²) in [7, 11) is 0. The fraction of sp³-hybridized carbons (Fsp3) is 0.333. The first-order valence-corrected chi connectivity index (χ1v) is 6.67. The molecule has 0 saturated heterocycles. The van der Waals surface area contributed by atoms with E-state index < -0.39 is 11.7 Å². The number of rotatable bonds is 4. The lowest BCUT2D eigenvalue weighted by Crippen LogP contribution is -2.07. The zero-order valence-corrected chi connectivity index (χ0v) is 11.6. The summed E-state index contributed by atoms with van der Waals surface area (Å²) in [5, 5.41) is 0. The van der Waals surface area contributed by atoms with Gasteiger partial charge in [0.05, 0.1) is 5.56 Å². The Morgan fingerprint density at radius 1 is 1.14 bits per heavy atom. The van der Waals surface area contributed by atoms with Crippen LogP contribution in [-0.2, 0) is 19.0 Å². The SMILES string of the molecule is CCCc1cc(N)nc(Cc2cccc(C(F)(F)F)c2)n1. The van der Waals surface area contributed by atoms with Gasteiger partial charge < -0.3 is 5.73 Å². The highest BCUT2D eigenvalue weighted by Crippen LogP contribution is 2.29.